The second-order valence-electron chi connectivity index (χ2n) is 8.32. The maximum absolute atomic E-state index is 12.9. The number of carbonyl (C=O) groups is 1. The molecule has 0 atom stereocenters. The van der Waals surface area contributed by atoms with Crippen molar-refractivity contribution >= 4 is 51.2 Å². The zero-order valence-corrected chi connectivity index (χ0v) is 21.7. The highest BCUT2D eigenvalue weighted by molar-refractivity contribution is 7.17. The van der Waals surface area contributed by atoms with Gasteiger partial charge in [0.25, 0.3) is 5.91 Å². The van der Waals surface area contributed by atoms with Gasteiger partial charge in [-0.1, -0.05) is 35.1 Å². The van der Waals surface area contributed by atoms with E-state index in [-0.39, 0.29) is 12.5 Å². The molecule has 3 heterocycles. The molecule has 3 aromatic rings. The average molecular weight is 516 g/mol. The standard InChI is InChI=1S/C24H30ClN7O2S/c1-4-32(20-14-19(27-17(3)28-20)31-10-8-30(9-11-31)12-13-33)21-15-26-24(35-21)23(34)29-22-16(2)6-5-7-18(22)25/h5-7,14-15,33H,4,8-13H2,1-3H3,(H,29,34). The summed E-state index contributed by atoms with van der Waals surface area (Å²) in [7, 11) is 0. The fourth-order valence-electron chi connectivity index (χ4n) is 4.06. The van der Waals surface area contributed by atoms with Gasteiger partial charge in [-0.25, -0.2) is 15.0 Å². The van der Waals surface area contributed by atoms with E-state index < -0.39 is 0 Å². The summed E-state index contributed by atoms with van der Waals surface area (Å²) >= 11 is 7.57. The summed E-state index contributed by atoms with van der Waals surface area (Å²) in [6.45, 7) is 10.8. The summed E-state index contributed by atoms with van der Waals surface area (Å²) < 4.78 is 0. The number of benzene rings is 1. The van der Waals surface area contributed by atoms with Gasteiger partial charge < -0.3 is 20.2 Å². The van der Waals surface area contributed by atoms with Gasteiger partial charge in [0.1, 0.15) is 22.5 Å². The highest BCUT2D eigenvalue weighted by Crippen LogP contribution is 2.32. The molecule has 35 heavy (non-hydrogen) atoms. The van der Waals surface area contributed by atoms with E-state index in [1.54, 1.807) is 12.3 Å². The van der Waals surface area contributed by atoms with E-state index in [2.05, 4.69) is 30.1 Å². The lowest BCUT2D eigenvalue weighted by atomic mass is 10.2. The maximum atomic E-state index is 12.9. The van der Waals surface area contributed by atoms with Crippen LogP contribution in [0.4, 0.5) is 22.3 Å². The zero-order valence-electron chi connectivity index (χ0n) is 20.2. The number of rotatable bonds is 8. The number of piperazine rings is 1. The van der Waals surface area contributed by atoms with Crippen molar-refractivity contribution in [2.75, 3.05) is 61.0 Å². The van der Waals surface area contributed by atoms with Crippen molar-refractivity contribution in [3.63, 3.8) is 0 Å². The summed E-state index contributed by atoms with van der Waals surface area (Å²) in [5, 5.41) is 13.7. The number of hydrogen-bond acceptors (Lipinski definition) is 9. The molecular weight excluding hydrogens is 486 g/mol. The Kier molecular flexibility index (Phi) is 8.17. The van der Waals surface area contributed by atoms with Gasteiger partial charge in [0, 0.05) is 45.3 Å². The van der Waals surface area contributed by atoms with Gasteiger partial charge in [-0.2, -0.15) is 0 Å². The van der Waals surface area contributed by atoms with Crippen molar-refractivity contribution in [1.29, 1.82) is 0 Å². The van der Waals surface area contributed by atoms with Crippen LogP contribution in [0.3, 0.4) is 0 Å². The van der Waals surface area contributed by atoms with Crippen molar-refractivity contribution < 1.29 is 9.90 Å². The molecule has 1 aliphatic rings. The maximum Gasteiger partial charge on any atom is 0.284 e. The van der Waals surface area contributed by atoms with Crippen LogP contribution in [0.25, 0.3) is 0 Å². The molecule has 1 aromatic carbocycles. The molecule has 0 unspecified atom stereocenters. The first kappa shape index (κ1) is 25.3. The molecule has 9 nitrogen and oxygen atoms in total. The molecule has 0 aliphatic carbocycles. The SMILES string of the molecule is CCN(c1cc(N2CCN(CCO)CC2)nc(C)n1)c1cnc(C(=O)Nc2c(C)cccc2Cl)s1. The summed E-state index contributed by atoms with van der Waals surface area (Å²) in [6, 6.07) is 7.48. The zero-order chi connectivity index (χ0) is 24.9. The molecule has 1 saturated heterocycles. The summed E-state index contributed by atoms with van der Waals surface area (Å²) in [5.74, 6) is 2.04. The third-order valence-electron chi connectivity index (χ3n) is 5.93. The normalized spacial score (nSPS) is 14.3. The first-order chi connectivity index (χ1) is 16.9. The molecule has 186 valence electrons. The highest BCUT2D eigenvalue weighted by atomic mass is 35.5. The topological polar surface area (TPSA) is 97.7 Å². The van der Waals surface area contributed by atoms with Gasteiger partial charge in [0.15, 0.2) is 5.01 Å². The first-order valence-electron chi connectivity index (χ1n) is 11.6. The Morgan fingerprint density at radius 1 is 1.23 bits per heavy atom. The highest BCUT2D eigenvalue weighted by Gasteiger charge is 2.22. The Bertz CT molecular complexity index is 1160. The fraction of sp³-hybridized carbons (Fsp3) is 0.417. The number of hydrogen-bond donors (Lipinski definition) is 2. The predicted octanol–water partition coefficient (Wildman–Crippen LogP) is 3.73. The number of halogens is 1. The first-order valence-corrected chi connectivity index (χ1v) is 12.8. The number of nitrogens with zero attached hydrogens (tertiary/aromatic N) is 6. The molecular formula is C24H30ClN7O2S. The van der Waals surface area contributed by atoms with Crippen LogP contribution in [0.2, 0.25) is 5.02 Å². The van der Waals surface area contributed by atoms with Crippen molar-refractivity contribution in [2.24, 2.45) is 0 Å². The van der Waals surface area contributed by atoms with Crippen molar-refractivity contribution in [3.8, 4) is 0 Å². The molecule has 1 amide bonds. The number of nitrogens with one attached hydrogen (secondary N) is 1. The lowest BCUT2D eigenvalue weighted by Crippen LogP contribution is -2.47. The molecule has 2 aromatic heterocycles. The van der Waals surface area contributed by atoms with E-state index in [0.29, 0.717) is 34.6 Å². The lowest BCUT2D eigenvalue weighted by molar-refractivity contribution is 0.102. The molecule has 11 heteroatoms. The lowest BCUT2D eigenvalue weighted by Gasteiger charge is -2.35. The number of aromatic nitrogens is 3. The van der Waals surface area contributed by atoms with Gasteiger partial charge in [-0.3, -0.25) is 9.69 Å². The second-order valence-corrected chi connectivity index (χ2v) is 9.73. The van der Waals surface area contributed by atoms with Crippen LogP contribution >= 0.6 is 22.9 Å². The molecule has 0 bridgehead atoms. The quantitative estimate of drug-likeness (QED) is 0.468. The third kappa shape index (κ3) is 5.90. The number of β-amino-alcohol motifs (C(OH)–C–C–N with tert-alkyl or cyclic N) is 1. The van der Waals surface area contributed by atoms with Gasteiger partial charge in [-0.15, -0.1) is 0 Å². The minimum atomic E-state index is -0.297. The molecule has 0 spiro atoms. The van der Waals surface area contributed by atoms with Crippen LogP contribution in [0, 0.1) is 13.8 Å². The number of aryl methyl sites for hydroxylation is 2. The van der Waals surface area contributed by atoms with Crippen molar-refractivity contribution in [1.82, 2.24) is 19.9 Å². The van der Waals surface area contributed by atoms with E-state index >= 15 is 0 Å². The average Bonchev–Trinajstić information content (AvgIpc) is 3.32. The van der Waals surface area contributed by atoms with E-state index in [1.165, 1.54) is 11.3 Å². The third-order valence-corrected chi connectivity index (χ3v) is 7.26. The van der Waals surface area contributed by atoms with E-state index in [4.69, 9.17) is 11.6 Å². The molecule has 0 saturated carbocycles. The minimum Gasteiger partial charge on any atom is -0.395 e. The van der Waals surface area contributed by atoms with Crippen LogP contribution in [-0.4, -0.2) is 76.7 Å². The monoisotopic (exact) mass is 515 g/mol. The van der Waals surface area contributed by atoms with Crippen LogP contribution in [0.15, 0.2) is 30.5 Å². The van der Waals surface area contributed by atoms with Gasteiger partial charge in [-0.05, 0) is 32.4 Å². The van der Waals surface area contributed by atoms with Crippen molar-refractivity contribution in [3.05, 3.63) is 51.9 Å². The summed E-state index contributed by atoms with van der Waals surface area (Å²) in [6.07, 6.45) is 1.70. The smallest absolute Gasteiger partial charge is 0.284 e. The van der Waals surface area contributed by atoms with Gasteiger partial charge in [0.05, 0.1) is 23.5 Å². The van der Waals surface area contributed by atoms with E-state index in [9.17, 15) is 9.90 Å². The number of aliphatic hydroxyl groups excluding tert-OH is 1. The van der Waals surface area contributed by atoms with Crippen LogP contribution in [0.1, 0.15) is 28.1 Å². The summed E-state index contributed by atoms with van der Waals surface area (Å²) in [4.78, 5) is 33.1. The van der Waals surface area contributed by atoms with Crippen LogP contribution in [0.5, 0.6) is 0 Å². The second kappa shape index (κ2) is 11.3. The molecule has 0 radical (unpaired) electrons. The Labute approximate surface area is 214 Å². The van der Waals surface area contributed by atoms with E-state index in [0.717, 1.165) is 48.4 Å². The van der Waals surface area contributed by atoms with Crippen LogP contribution in [-0.2, 0) is 0 Å². The Morgan fingerprint density at radius 3 is 2.69 bits per heavy atom. The minimum absolute atomic E-state index is 0.176. The molecule has 4 rings (SSSR count). The number of anilines is 4. The summed E-state index contributed by atoms with van der Waals surface area (Å²) in [5.41, 5.74) is 1.48. The van der Waals surface area contributed by atoms with E-state index in [1.807, 2.05) is 43.9 Å². The fourth-order valence-corrected chi connectivity index (χ4v) is 5.22. The van der Waals surface area contributed by atoms with Gasteiger partial charge in [0.2, 0.25) is 0 Å². The largest absolute Gasteiger partial charge is 0.395 e. The van der Waals surface area contributed by atoms with Crippen LogP contribution < -0.4 is 15.1 Å². The molecule has 1 fully saturated rings. The number of amides is 1. The Hall–Kier alpha value is -2.79. The molecule has 1 aliphatic heterocycles. The number of thiazole rings is 1. The molecule has 2 N–H and O–H groups in total. The number of aliphatic hydroxyl groups is 1. The van der Waals surface area contributed by atoms with Gasteiger partial charge >= 0.3 is 0 Å². The van der Waals surface area contributed by atoms with Crippen molar-refractivity contribution in [2.45, 2.75) is 20.8 Å². The Balaban J connectivity index is 1.52. The Morgan fingerprint density at radius 2 is 2.00 bits per heavy atom. The number of para-hydroxylation sites is 1. The number of carbonyl (C=O) groups excluding carboxylic acids is 1. The predicted molar refractivity (Wildman–Crippen MR) is 141 cm³/mol.